The number of para-hydroxylation sites is 1. The predicted molar refractivity (Wildman–Crippen MR) is 143 cm³/mol. The van der Waals surface area contributed by atoms with Crippen molar-refractivity contribution < 1.29 is 14.5 Å². The van der Waals surface area contributed by atoms with E-state index >= 15 is 0 Å². The zero-order valence-electron chi connectivity index (χ0n) is 18.3. The van der Waals surface area contributed by atoms with E-state index < -0.39 is 4.92 Å². The maximum atomic E-state index is 13.2. The van der Waals surface area contributed by atoms with Crippen LogP contribution in [0.15, 0.2) is 95.9 Å². The molecular formula is C27H18N2O4S2. The SMILES string of the molecule is O=C1/C(=C\c2ccccc2OCc2cccc3ccccc23)SC(=S)N1c1cccc([N+](=O)[O-])c1. The first-order chi connectivity index (χ1) is 17.0. The Morgan fingerprint density at radius 2 is 1.71 bits per heavy atom. The molecule has 0 saturated carbocycles. The lowest BCUT2D eigenvalue weighted by Gasteiger charge is -2.14. The van der Waals surface area contributed by atoms with Crippen LogP contribution in [0, 0.1) is 10.1 Å². The van der Waals surface area contributed by atoms with Gasteiger partial charge in [0.05, 0.1) is 15.5 Å². The molecule has 172 valence electrons. The second-order valence-electron chi connectivity index (χ2n) is 7.76. The smallest absolute Gasteiger partial charge is 0.271 e. The van der Waals surface area contributed by atoms with Crippen molar-refractivity contribution in [3.05, 3.63) is 117 Å². The molecule has 1 saturated heterocycles. The highest BCUT2D eigenvalue weighted by Gasteiger charge is 2.34. The largest absolute Gasteiger partial charge is 0.488 e. The lowest BCUT2D eigenvalue weighted by molar-refractivity contribution is -0.384. The van der Waals surface area contributed by atoms with Crippen molar-refractivity contribution in [3.63, 3.8) is 0 Å². The second-order valence-corrected chi connectivity index (χ2v) is 9.43. The van der Waals surface area contributed by atoms with Crippen LogP contribution in [0.25, 0.3) is 16.8 Å². The Balaban J connectivity index is 1.41. The molecule has 4 aromatic rings. The van der Waals surface area contributed by atoms with Crippen molar-refractivity contribution in [2.45, 2.75) is 6.61 Å². The number of non-ortho nitro benzene ring substituents is 1. The molecule has 4 aromatic carbocycles. The van der Waals surface area contributed by atoms with Crippen molar-refractivity contribution >= 4 is 62.4 Å². The van der Waals surface area contributed by atoms with E-state index in [2.05, 4.69) is 18.2 Å². The van der Waals surface area contributed by atoms with Crippen molar-refractivity contribution in [1.29, 1.82) is 0 Å². The topological polar surface area (TPSA) is 72.7 Å². The number of nitro benzene ring substituents is 1. The fraction of sp³-hybridized carbons (Fsp3) is 0.0370. The first-order valence-electron chi connectivity index (χ1n) is 10.7. The molecule has 0 N–H and O–H groups in total. The normalized spacial score (nSPS) is 14.6. The van der Waals surface area contributed by atoms with E-state index in [4.69, 9.17) is 17.0 Å². The van der Waals surface area contributed by atoms with Gasteiger partial charge in [0.1, 0.15) is 12.4 Å². The summed E-state index contributed by atoms with van der Waals surface area (Å²) in [7, 11) is 0. The van der Waals surface area contributed by atoms with Crippen molar-refractivity contribution in [2.24, 2.45) is 0 Å². The van der Waals surface area contributed by atoms with Crippen molar-refractivity contribution in [2.75, 3.05) is 4.90 Å². The fourth-order valence-corrected chi connectivity index (χ4v) is 5.17. The summed E-state index contributed by atoms with van der Waals surface area (Å²) < 4.78 is 6.49. The average Bonchev–Trinajstić information content (AvgIpc) is 3.15. The van der Waals surface area contributed by atoms with E-state index in [9.17, 15) is 14.9 Å². The number of amides is 1. The van der Waals surface area contributed by atoms with Gasteiger partial charge in [-0.05, 0) is 34.5 Å². The van der Waals surface area contributed by atoms with Crippen LogP contribution in [-0.4, -0.2) is 15.2 Å². The van der Waals surface area contributed by atoms with Crippen LogP contribution in [0.5, 0.6) is 5.75 Å². The third-order valence-corrected chi connectivity index (χ3v) is 6.86. The highest BCUT2D eigenvalue weighted by atomic mass is 32.2. The summed E-state index contributed by atoms with van der Waals surface area (Å²) in [5, 5.41) is 13.4. The number of nitrogens with zero attached hydrogens (tertiary/aromatic N) is 2. The number of rotatable bonds is 6. The number of ether oxygens (including phenoxy) is 1. The highest BCUT2D eigenvalue weighted by molar-refractivity contribution is 8.27. The minimum atomic E-state index is -0.499. The standard InChI is InChI=1S/C27H18N2O4S2/c30-26-25(35-27(34)28(26)21-11-6-12-22(16-21)29(31)32)15-19-8-2-4-14-24(19)33-17-20-10-5-9-18-7-1-3-13-23(18)20/h1-16H,17H2/b25-15+. The maximum absolute atomic E-state index is 13.2. The number of fused-ring (bicyclic) bond motifs is 1. The van der Waals surface area contributed by atoms with Gasteiger partial charge in [-0.15, -0.1) is 0 Å². The Bertz CT molecular complexity index is 1510. The molecule has 6 nitrogen and oxygen atoms in total. The van der Waals surface area contributed by atoms with E-state index in [0.717, 1.165) is 33.7 Å². The number of carbonyl (C=O) groups excluding carboxylic acids is 1. The summed E-state index contributed by atoms with van der Waals surface area (Å²) in [6, 6.07) is 27.6. The summed E-state index contributed by atoms with van der Waals surface area (Å²) in [6.07, 6.45) is 1.75. The molecule has 35 heavy (non-hydrogen) atoms. The van der Waals surface area contributed by atoms with Gasteiger partial charge in [-0.25, -0.2) is 0 Å². The van der Waals surface area contributed by atoms with Gasteiger partial charge in [0, 0.05) is 17.7 Å². The van der Waals surface area contributed by atoms with Gasteiger partial charge in [0.15, 0.2) is 4.32 Å². The minimum absolute atomic E-state index is 0.104. The molecule has 0 aliphatic carbocycles. The van der Waals surface area contributed by atoms with Crippen LogP contribution in [0.1, 0.15) is 11.1 Å². The van der Waals surface area contributed by atoms with E-state index in [1.807, 2.05) is 48.5 Å². The average molecular weight is 499 g/mol. The molecule has 0 atom stereocenters. The zero-order valence-corrected chi connectivity index (χ0v) is 19.9. The summed E-state index contributed by atoms with van der Waals surface area (Å²) in [6.45, 7) is 0.376. The highest BCUT2D eigenvalue weighted by Crippen LogP contribution is 2.38. The van der Waals surface area contributed by atoms with Crippen molar-refractivity contribution in [3.8, 4) is 5.75 Å². The number of thiocarbonyl (C=S) groups is 1. The van der Waals surface area contributed by atoms with Gasteiger partial charge in [-0.2, -0.15) is 0 Å². The summed E-state index contributed by atoms with van der Waals surface area (Å²) in [5.74, 6) is 0.311. The lowest BCUT2D eigenvalue weighted by atomic mass is 10.1. The number of hydrogen-bond acceptors (Lipinski definition) is 6. The number of anilines is 1. The summed E-state index contributed by atoms with van der Waals surface area (Å²) in [4.78, 5) is 25.6. The third kappa shape index (κ3) is 4.66. The monoisotopic (exact) mass is 498 g/mol. The van der Waals surface area contributed by atoms with E-state index in [1.165, 1.54) is 23.1 Å². The molecule has 0 aromatic heterocycles. The molecule has 0 bridgehead atoms. The zero-order chi connectivity index (χ0) is 24.4. The fourth-order valence-electron chi connectivity index (χ4n) is 3.88. The molecule has 1 fully saturated rings. The van der Waals surface area contributed by atoms with Crippen LogP contribution in [-0.2, 0) is 11.4 Å². The Labute approximate surface area is 211 Å². The summed E-state index contributed by atoms with van der Waals surface area (Å²) in [5.41, 5.74) is 2.07. The molecule has 0 radical (unpaired) electrons. The molecule has 0 unspecified atom stereocenters. The third-order valence-electron chi connectivity index (χ3n) is 5.56. The first-order valence-corrected chi connectivity index (χ1v) is 11.9. The Morgan fingerprint density at radius 1 is 0.971 bits per heavy atom. The van der Waals surface area contributed by atoms with Gasteiger partial charge in [-0.1, -0.05) is 90.7 Å². The van der Waals surface area contributed by atoms with Crippen LogP contribution in [0.4, 0.5) is 11.4 Å². The number of thioether (sulfide) groups is 1. The number of nitro groups is 1. The summed E-state index contributed by atoms with van der Waals surface area (Å²) >= 11 is 6.58. The maximum Gasteiger partial charge on any atom is 0.271 e. The molecule has 1 heterocycles. The molecule has 8 heteroatoms. The van der Waals surface area contributed by atoms with Gasteiger partial charge >= 0.3 is 0 Å². The Morgan fingerprint density at radius 3 is 2.57 bits per heavy atom. The van der Waals surface area contributed by atoms with E-state index in [0.29, 0.717) is 27.3 Å². The van der Waals surface area contributed by atoms with Crippen molar-refractivity contribution in [1.82, 2.24) is 0 Å². The number of carbonyl (C=O) groups is 1. The van der Waals surface area contributed by atoms with Gasteiger partial charge in [-0.3, -0.25) is 19.8 Å². The Hall–Kier alpha value is -4.01. The number of benzene rings is 4. The van der Waals surface area contributed by atoms with E-state index in [-0.39, 0.29) is 11.6 Å². The van der Waals surface area contributed by atoms with Crippen LogP contribution in [0.2, 0.25) is 0 Å². The molecule has 1 amide bonds. The van der Waals surface area contributed by atoms with Crippen LogP contribution < -0.4 is 9.64 Å². The quantitative estimate of drug-likeness (QED) is 0.127. The molecule has 1 aliphatic heterocycles. The minimum Gasteiger partial charge on any atom is -0.488 e. The molecule has 1 aliphatic rings. The Kier molecular flexibility index (Phi) is 6.31. The first kappa shape index (κ1) is 22.8. The van der Waals surface area contributed by atoms with E-state index in [1.54, 1.807) is 12.1 Å². The second kappa shape index (κ2) is 9.69. The predicted octanol–water partition coefficient (Wildman–Crippen LogP) is 6.73. The van der Waals surface area contributed by atoms with Crippen LogP contribution >= 0.6 is 24.0 Å². The lowest BCUT2D eigenvalue weighted by Crippen LogP contribution is -2.27. The van der Waals surface area contributed by atoms with Gasteiger partial charge < -0.3 is 4.74 Å². The molecular weight excluding hydrogens is 480 g/mol. The van der Waals surface area contributed by atoms with Crippen LogP contribution in [0.3, 0.4) is 0 Å². The van der Waals surface area contributed by atoms with Gasteiger partial charge in [0.25, 0.3) is 11.6 Å². The molecule has 0 spiro atoms. The van der Waals surface area contributed by atoms with Gasteiger partial charge in [0.2, 0.25) is 0 Å². The molecule has 5 rings (SSSR count). The number of hydrogen-bond donors (Lipinski definition) is 0.